The largest absolute Gasteiger partial charge is 0.368 e. The Morgan fingerprint density at radius 3 is 2.57 bits per heavy atom. The van der Waals surface area contributed by atoms with Crippen molar-refractivity contribution < 1.29 is 0 Å². The molecule has 0 fully saturated rings. The molecule has 0 unspecified atom stereocenters. The predicted molar refractivity (Wildman–Crippen MR) is 93.2 cm³/mol. The van der Waals surface area contributed by atoms with Crippen LogP contribution in [0.2, 0.25) is 5.15 Å². The fourth-order valence-corrected chi connectivity index (χ4v) is 3.77. The molecule has 0 aliphatic carbocycles. The highest BCUT2D eigenvalue weighted by molar-refractivity contribution is 6.31. The summed E-state index contributed by atoms with van der Waals surface area (Å²) in [5.41, 5.74) is 4.80. The number of halogens is 1. The van der Waals surface area contributed by atoms with Gasteiger partial charge in [-0.25, -0.2) is 4.98 Å². The van der Waals surface area contributed by atoms with E-state index in [0.29, 0.717) is 11.2 Å². The smallest absolute Gasteiger partial charge is 0.138 e. The highest BCUT2D eigenvalue weighted by atomic mass is 35.5. The summed E-state index contributed by atoms with van der Waals surface area (Å²) < 4.78 is 0. The maximum absolute atomic E-state index is 6.47. The van der Waals surface area contributed by atoms with Crippen LogP contribution in [0.5, 0.6) is 0 Å². The van der Waals surface area contributed by atoms with E-state index in [1.807, 2.05) is 6.92 Å². The van der Waals surface area contributed by atoms with E-state index in [0.717, 1.165) is 24.2 Å². The Morgan fingerprint density at radius 2 is 2.00 bits per heavy atom. The van der Waals surface area contributed by atoms with Gasteiger partial charge in [0.15, 0.2) is 0 Å². The lowest BCUT2D eigenvalue weighted by molar-refractivity contribution is 0.502. The minimum atomic E-state index is 0.620. The molecule has 0 aromatic carbocycles. The molecule has 0 N–H and O–H groups in total. The number of hydrogen-bond donors (Lipinski definition) is 0. The van der Waals surface area contributed by atoms with E-state index < -0.39 is 0 Å². The van der Waals surface area contributed by atoms with Gasteiger partial charge in [-0.3, -0.25) is 0 Å². The monoisotopic (exact) mass is 306 g/mol. The van der Waals surface area contributed by atoms with Crippen molar-refractivity contribution in [3.8, 4) is 0 Å². The summed E-state index contributed by atoms with van der Waals surface area (Å²) in [6.07, 6.45) is 8.20. The highest BCUT2D eigenvalue weighted by Crippen LogP contribution is 2.40. The van der Waals surface area contributed by atoms with Crippen LogP contribution in [0.4, 0.5) is 5.69 Å². The number of aromatic nitrogens is 1. The molecule has 116 valence electrons. The Balaban J connectivity index is 2.48. The summed E-state index contributed by atoms with van der Waals surface area (Å²) in [5.74, 6) is 0. The minimum Gasteiger partial charge on any atom is -0.368 e. The molecule has 3 heteroatoms. The van der Waals surface area contributed by atoms with Crippen LogP contribution in [-0.4, -0.2) is 17.6 Å². The molecule has 0 amide bonds. The molecular weight excluding hydrogens is 280 g/mol. The number of aryl methyl sites for hydroxylation is 1. The van der Waals surface area contributed by atoms with E-state index in [2.05, 4.69) is 42.8 Å². The van der Waals surface area contributed by atoms with E-state index >= 15 is 0 Å². The standard InChI is InChI=1S/C18H27ClN2/c1-5-8-15(9-6-2)21-11-10-14(7-3)17-16(21)12-13(4)20-18(17)19/h7,12,15H,5-6,8-11H2,1-4H3/b14-7+. The number of pyridine rings is 1. The van der Waals surface area contributed by atoms with E-state index in [4.69, 9.17) is 11.6 Å². The first-order valence-corrected chi connectivity index (χ1v) is 8.59. The zero-order valence-electron chi connectivity index (χ0n) is 13.7. The molecule has 1 aromatic rings. The minimum absolute atomic E-state index is 0.620. The maximum atomic E-state index is 6.47. The third-order valence-corrected chi connectivity index (χ3v) is 4.64. The van der Waals surface area contributed by atoms with Crippen molar-refractivity contribution in [2.75, 3.05) is 11.4 Å². The lowest BCUT2D eigenvalue weighted by Gasteiger charge is -2.39. The molecule has 0 saturated carbocycles. The van der Waals surface area contributed by atoms with Gasteiger partial charge in [0, 0.05) is 29.5 Å². The van der Waals surface area contributed by atoms with Gasteiger partial charge in [0.05, 0.1) is 0 Å². The van der Waals surface area contributed by atoms with Gasteiger partial charge in [0.25, 0.3) is 0 Å². The van der Waals surface area contributed by atoms with Crippen LogP contribution in [0, 0.1) is 6.92 Å². The maximum Gasteiger partial charge on any atom is 0.138 e. The van der Waals surface area contributed by atoms with E-state index in [1.165, 1.54) is 36.9 Å². The molecular formula is C18H27ClN2. The van der Waals surface area contributed by atoms with Crippen molar-refractivity contribution in [2.24, 2.45) is 0 Å². The van der Waals surface area contributed by atoms with Crippen molar-refractivity contribution in [3.63, 3.8) is 0 Å². The van der Waals surface area contributed by atoms with E-state index in [9.17, 15) is 0 Å². The molecule has 21 heavy (non-hydrogen) atoms. The number of allylic oxidation sites excluding steroid dienone is 1. The van der Waals surface area contributed by atoms with Gasteiger partial charge in [-0.1, -0.05) is 44.4 Å². The number of anilines is 1. The highest BCUT2D eigenvalue weighted by Gasteiger charge is 2.27. The molecule has 2 rings (SSSR count). The molecule has 0 saturated heterocycles. The Hall–Kier alpha value is -1.02. The van der Waals surface area contributed by atoms with Crippen LogP contribution >= 0.6 is 11.6 Å². The van der Waals surface area contributed by atoms with Crippen molar-refractivity contribution >= 4 is 22.9 Å². The third kappa shape index (κ3) is 3.42. The molecule has 2 heterocycles. The van der Waals surface area contributed by atoms with Crippen LogP contribution in [0.15, 0.2) is 12.1 Å². The molecule has 1 aliphatic rings. The first-order chi connectivity index (χ1) is 10.1. The summed E-state index contributed by atoms with van der Waals surface area (Å²) in [6, 6.07) is 2.83. The van der Waals surface area contributed by atoms with Gasteiger partial charge in [0.1, 0.15) is 5.15 Å². The van der Waals surface area contributed by atoms with Crippen molar-refractivity contribution in [2.45, 2.75) is 65.8 Å². The number of nitrogens with zero attached hydrogens (tertiary/aromatic N) is 2. The zero-order chi connectivity index (χ0) is 15.4. The molecule has 1 aliphatic heterocycles. The fourth-order valence-electron chi connectivity index (χ4n) is 3.42. The lowest BCUT2D eigenvalue weighted by Crippen LogP contribution is -2.39. The summed E-state index contributed by atoms with van der Waals surface area (Å²) in [4.78, 5) is 7.05. The fraction of sp³-hybridized carbons (Fsp3) is 0.611. The van der Waals surface area contributed by atoms with Gasteiger partial charge in [-0.2, -0.15) is 0 Å². The second-order valence-electron chi connectivity index (χ2n) is 5.94. The van der Waals surface area contributed by atoms with E-state index in [-0.39, 0.29) is 0 Å². The Labute approximate surface area is 134 Å². The van der Waals surface area contributed by atoms with Crippen LogP contribution in [0.3, 0.4) is 0 Å². The topological polar surface area (TPSA) is 16.1 Å². The normalized spacial score (nSPS) is 16.7. The van der Waals surface area contributed by atoms with Crippen LogP contribution in [0.1, 0.15) is 64.1 Å². The number of rotatable bonds is 5. The zero-order valence-corrected chi connectivity index (χ0v) is 14.5. The SMILES string of the molecule is C/C=C1\CCN(C(CCC)CCC)c2cc(C)nc(Cl)c21. The average Bonchev–Trinajstić information content (AvgIpc) is 2.45. The van der Waals surface area contributed by atoms with Gasteiger partial charge in [-0.15, -0.1) is 0 Å². The molecule has 0 radical (unpaired) electrons. The summed E-state index contributed by atoms with van der Waals surface area (Å²) in [5, 5.41) is 0.662. The molecule has 0 bridgehead atoms. The quantitative estimate of drug-likeness (QED) is 0.656. The summed E-state index contributed by atoms with van der Waals surface area (Å²) >= 11 is 6.47. The predicted octanol–water partition coefficient (Wildman–Crippen LogP) is 5.63. The number of fused-ring (bicyclic) bond motifs is 1. The second-order valence-corrected chi connectivity index (χ2v) is 6.30. The van der Waals surface area contributed by atoms with Gasteiger partial charge < -0.3 is 4.90 Å². The van der Waals surface area contributed by atoms with Gasteiger partial charge in [0.2, 0.25) is 0 Å². The third-order valence-electron chi connectivity index (χ3n) is 4.37. The first kappa shape index (κ1) is 16.4. The first-order valence-electron chi connectivity index (χ1n) is 8.21. The number of hydrogen-bond acceptors (Lipinski definition) is 2. The van der Waals surface area contributed by atoms with Crippen molar-refractivity contribution in [1.82, 2.24) is 4.98 Å². The Bertz CT molecular complexity index is 516. The van der Waals surface area contributed by atoms with Gasteiger partial charge in [-0.05, 0) is 44.7 Å². The Kier molecular flexibility index (Phi) is 5.69. The molecule has 2 nitrogen and oxygen atoms in total. The molecule has 1 aromatic heterocycles. The molecule has 0 atom stereocenters. The Morgan fingerprint density at radius 1 is 1.33 bits per heavy atom. The summed E-state index contributed by atoms with van der Waals surface area (Å²) in [7, 11) is 0. The second kappa shape index (κ2) is 7.31. The van der Waals surface area contributed by atoms with Crippen LogP contribution in [-0.2, 0) is 0 Å². The van der Waals surface area contributed by atoms with E-state index in [1.54, 1.807) is 0 Å². The van der Waals surface area contributed by atoms with Crippen LogP contribution < -0.4 is 4.90 Å². The van der Waals surface area contributed by atoms with Crippen molar-refractivity contribution in [1.29, 1.82) is 0 Å². The van der Waals surface area contributed by atoms with Crippen LogP contribution in [0.25, 0.3) is 5.57 Å². The lowest BCUT2D eigenvalue weighted by atomic mass is 9.93. The van der Waals surface area contributed by atoms with Crippen molar-refractivity contribution in [3.05, 3.63) is 28.6 Å². The molecule has 0 spiro atoms. The summed E-state index contributed by atoms with van der Waals surface area (Å²) in [6.45, 7) is 9.77. The average molecular weight is 307 g/mol. The van der Waals surface area contributed by atoms with Gasteiger partial charge >= 0.3 is 0 Å².